The Hall–Kier alpha value is -1.89. The molecule has 2 N–H and O–H groups in total. The van der Waals surface area contributed by atoms with Gasteiger partial charge in [0.2, 0.25) is 11.9 Å². The van der Waals surface area contributed by atoms with Crippen LogP contribution in [0.3, 0.4) is 0 Å². The van der Waals surface area contributed by atoms with Crippen molar-refractivity contribution >= 4 is 17.7 Å². The van der Waals surface area contributed by atoms with Crippen LogP contribution < -0.4 is 15.1 Å². The molecule has 3 heterocycles. The zero-order chi connectivity index (χ0) is 17.4. The van der Waals surface area contributed by atoms with Gasteiger partial charge in [-0.2, -0.15) is 4.98 Å². The van der Waals surface area contributed by atoms with E-state index >= 15 is 0 Å². The number of aliphatic hydroxyl groups is 1. The van der Waals surface area contributed by atoms with Crippen molar-refractivity contribution in [1.29, 1.82) is 0 Å². The zero-order valence-electron chi connectivity index (χ0n) is 14.8. The molecule has 3 aliphatic rings. The molecule has 0 aromatic carbocycles. The fourth-order valence-electron chi connectivity index (χ4n) is 4.17. The van der Waals surface area contributed by atoms with E-state index in [1.54, 1.807) is 6.92 Å². The third-order valence-corrected chi connectivity index (χ3v) is 5.68. The van der Waals surface area contributed by atoms with Crippen LogP contribution in [0.2, 0.25) is 0 Å². The molecule has 2 atom stereocenters. The number of nitrogens with zero attached hydrogens (tertiary/aromatic N) is 4. The molecule has 0 spiro atoms. The van der Waals surface area contributed by atoms with E-state index in [2.05, 4.69) is 20.1 Å². The van der Waals surface area contributed by atoms with Gasteiger partial charge >= 0.3 is 0 Å². The van der Waals surface area contributed by atoms with Gasteiger partial charge < -0.3 is 20.2 Å². The lowest BCUT2D eigenvalue weighted by atomic mass is 9.98. The molecule has 2 aliphatic heterocycles. The summed E-state index contributed by atoms with van der Waals surface area (Å²) in [5.74, 6) is 2.96. The fraction of sp³-hybridized carbons (Fsp3) is 0.722. The lowest BCUT2D eigenvalue weighted by Gasteiger charge is -2.31. The first-order chi connectivity index (χ1) is 12.1. The van der Waals surface area contributed by atoms with Crippen LogP contribution in [-0.2, 0) is 4.79 Å². The summed E-state index contributed by atoms with van der Waals surface area (Å²) in [6.45, 7) is 4.95. The fourth-order valence-corrected chi connectivity index (χ4v) is 4.17. The van der Waals surface area contributed by atoms with Gasteiger partial charge in [0.05, 0.1) is 12.1 Å². The minimum atomic E-state index is -0.186. The van der Waals surface area contributed by atoms with Gasteiger partial charge in [0.25, 0.3) is 0 Å². The van der Waals surface area contributed by atoms with Crippen molar-refractivity contribution in [3.8, 4) is 0 Å². The Morgan fingerprint density at radius 1 is 1.20 bits per heavy atom. The first kappa shape index (κ1) is 16.6. The Kier molecular flexibility index (Phi) is 4.50. The maximum absolute atomic E-state index is 11.5. The van der Waals surface area contributed by atoms with Gasteiger partial charge in [-0.05, 0) is 37.7 Å². The van der Waals surface area contributed by atoms with Gasteiger partial charge in [-0.15, -0.1) is 0 Å². The summed E-state index contributed by atoms with van der Waals surface area (Å²) in [5, 5.41) is 12.8. The number of aliphatic hydroxyl groups excluding tert-OH is 1. The Morgan fingerprint density at radius 3 is 2.64 bits per heavy atom. The standard InChI is InChI=1S/C18H27N5O2/c1-12(24)20-16-11-23(10-15(16)13-2-3-13)18-19-7-4-17(21-18)22-8-5-14(25)6-9-22/h4,7,13-16,25H,2-3,5-6,8-11H2,1H3,(H,20,24)/t15-,16+/m0/s1. The van der Waals surface area contributed by atoms with Crippen molar-refractivity contribution in [2.24, 2.45) is 11.8 Å². The Bertz CT molecular complexity index is 628. The van der Waals surface area contributed by atoms with Crippen LogP contribution in [0.5, 0.6) is 0 Å². The van der Waals surface area contributed by atoms with E-state index < -0.39 is 0 Å². The highest BCUT2D eigenvalue weighted by Crippen LogP contribution is 2.42. The summed E-state index contributed by atoms with van der Waals surface area (Å²) in [5.41, 5.74) is 0. The molecule has 7 nitrogen and oxygen atoms in total. The van der Waals surface area contributed by atoms with Crippen molar-refractivity contribution in [3.63, 3.8) is 0 Å². The Labute approximate surface area is 148 Å². The number of hydrogen-bond donors (Lipinski definition) is 2. The molecule has 1 amide bonds. The molecule has 0 bridgehead atoms. The number of amides is 1. The van der Waals surface area contributed by atoms with E-state index in [0.717, 1.165) is 56.7 Å². The van der Waals surface area contributed by atoms with E-state index in [4.69, 9.17) is 4.98 Å². The topological polar surface area (TPSA) is 81.6 Å². The largest absolute Gasteiger partial charge is 0.393 e. The van der Waals surface area contributed by atoms with Crippen molar-refractivity contribution < 1.29 is 9.90 Å². The number of aromatic nitrogens is 2. The summed E-state index contributed by atoms with van der Waals surface area (Å²) in [7, 11) is 0. The maximum atomic E-state index is 11.5. The molecule has 1 saturated carbocycles. The molecular weight excluding hydrogens is 318 g/mol. The molecule has 3 fully saturated rings. The summed E-state index contributed by atoms with van der Waals surface area (Å²) < 4.78 is 0. The molecule has 1 aliphatic carbocycles. The van der Waals surface area contributed by atoms with Crippen LogP contribution in [0.4, 0.5) is 11.8 Å². The highest BCUT2D eigenvalue weighted by atomic mass is 16.3. The molecule has 1 aromatic rings. The summed E-state index contributed by atoms with van der Waals surface area (Å²) >= 11 is 0. The number of rotatable bonds is 4. The van der Waals surface area contributed by atoms with E-state index in [-0.39, 0.29) is 18.1 Å². The highest BCUT2D eigenvalue weighted by Gasteiger charge is 2.43. The second kappa shape index (κ2) is 6.78. The molecule has 7 heteroatoms. The van der Waals surface area contributed by atoms with Gasteiger partial charge in [-0.25, -0.2) is 4.98 Å². The third kappa shape index (κ3) is 3.71. The lowest BCUT2D eigenvalue weighted by Crippen LogP contribution is -2.40. The Morgan fingerprint density at radius 2 is 1.96 bits per heavy atom. The minimum absolute atomic E-state index is 0.0408. The predicted octanol–water partition coefficient (Wildman–Crippen LogP) is 0.789. The number of carbonyl (C=O) groups is 1. The monoisotopic (exact) mass is 345 g/mol. The van der Waals surface area contributed by atoms with Crippen molar-refractivity contribution in [2.75, 3.05) is 36.0 Å². The van der Waals surface area contributed by atoms with E-state index in [1.165, 1.54) is 12.8 Å². The van der Waals surface area contributed by atoms with Crippen molar-refractivity contribution in [2.45, 2.75) is 44.8 Å². The summed E-state index contributed by atoms with van der Waals surface area (Å²) in [6.07, 6.45) is 5.75. The van der Waals surface area contributed by atoms with E-state index in [0.29, 0.717) is 5.92 Å². The van der Waals surface area contributed by atoms with Crippen LogP contribution in [0.1, 0.15) is 32.6 Å². The molecule has 2 saturated heterocycles. The number of piperidine rings is 1. The predicted molar refractivity (Wildman–Crippen MR) is 95.5 cm³/mol. The van der Waals surface area contributed by atoms with Crippen LogP contribution in [0.25, 0.3) is 0 Å². The first-order valence-corrected chi connectivity index (χ1v) is 9.38. The van der Waals surface area contributed by atoms with Gasteiger partial charge in [0, 0.05) is 45.2 Å². The number of hydrogen-bond acceptors (Lipinski definition) is 6. The van der Waals surface area contributed by atoms with Crippen LogP contribution >= 0.6 is 0 Å². The highest BCUT2D eigenvalue weighted by molar-refractivity contribution is 5.73. The van der Waals surface area contributed by atoms with E-state index in [1.807, 2.05) is 12.3 Å². The average molecular weight is 345 g/mol. The molecule has 25 heavy (non-hydrogen) atoms. The zero-order valence-corrected chi connectivity index (χ0v) is 14.8. The second-order valence-corrected chi connectivity index (χ2v) is 7.65. The molecule has 0 unspecified atom stereocenters. The number of nitrogens with one attached hydrogen (secondary N) is 1. The molecule has 4 rings (SSSR count). The smallest absolute Gasteiger partial charge is 0.227 e. The van der Waals surface area contributed by atoms with E-state index in [9.17, 15) is 9.90 Å². The molecule has 1 aromatic heterocycles. The minimum Gasteiger partial charge on any atom is -0.393 e. The van der Waals surface area contributed by atoms with Crippen LogP contribution in [-0.4, -0.2) is 59.3 Å². The van der Waals surface area contributed by atoms with Gasteiger partial charge in [0.15, 0.2) is 0 Å². The average Bonchev–Trinajstić information content (AvgIpc) is 3.36. The van der Waals surface area contributed by atoms with Gasteiger partial charge in [-0.1, -0.05) is 0 Å². The summed E-state index contributed by atoms with van der Waals surface area (Å²) in [4.78, 5) is 25.2. The summed E-state index contributed by atoms with van der Waals surface area (Å²) in [6, 6.07) is 2.14. The van der Waals surface area contributed by atoms with Gasteiger partial charge in [0.1, 0.15) is 5.82 Å². The van der Waals surface area contributed by atoms with Crippen LogP contribution in [0.15, 0.2) is 12.3 Å². The van der Waals surface area contributed by atoms with Gasteiger partial charge in [-0.3, -0.25) is 4.79 Å². The van der Waals surface area contributed by atoms with Crippen molar-refractivity contribution in [1.82, 2.24) is 15.3 Å². The van der Waals surface area contributed by atoms with Crippen molar-refractivity contribution in [3.05, 3.63) is 12.3 Å². The third-order valence-electron chi connectivity index (χ3n) is 5.68. The number of anilines is 2. The second-order valence-electron chi connectivity index (χ2n) is 7.65. The normalized spacial score (nSPS) is 27.6. The number of carbonyl (C=O) groups excluding carboxylic acids is 1. The molecular formula is C18H27N5O2. The SMILES string of the molecule is CC(=O)N[C@@H]1CN(c2nccc(N3CCC(O)CC3)n2)C[C@H]1C1CC1. The van der Waals surface area contributed by atoms with Crippen LogP contribution in [0, 0.1) is 11.8 Å². The maximum Gasteiger partial charge on any atom is 0.227 e. The molecule has 136 valence electrons. The lowest BCUT2D eigenvalue weighted by molar-refractivity contribution is -0.119. The Balaban J connectivity index is 1.48. The molecule has 0 radical (unpaired) electrons. The first-order valence-electron chi connectivity index (χ1n) is 9.38. The quantitative estimate of drug-likeness (QED) is 0.840.